The molecule has 0 unspecified atom stereocenters. The summed E-state index contributed by atoms with van der Waals surface area (Å²) in [7, 11) is 0. The van der Waals surface area contributed by atoms with Crippen LogP contribution in [0, 0.1) is 11.3 Å². The first kappa shape index (κ1) is 70.9. The summed E-state index contributed by atoms with van der Waals surface area (Å²) in [6.45, 7) is 7.18. The minimum atomic E-state index is -0.842. The van der Waals surface area contributed by atoms with E-state index in [0.717, 1.165) is 162 Å². The smallest absolute Gasteiger partial charge is 0.160 e. The van der Waals surface area contributed by atoms with Gasteiger partial charge in [-0.2, -0.15) is 5.26 Å². The van der Waals surface area contributed by atoms with E-state index in [1.54, 1.807) is 0 Å². The molecule has 570 valence electrons. The van der Waals surface area contributed by atoms with Gasteiger partial charge in [-0.25, -0.2) is 19.9 Å². The average Bonchev–Trinajstić information content (AvgIpc) is 0.982. The number of fused-ring (bicyclic) bond motifs is 19. The zero-order valence-electron chi connectivity index (χ0n) is 66.6. The Balaban J connectivity index is 0.682. The third kappa shape index (κ3) is 11.1. The van der Waals surface area contributed by atoms with E-state index in [1.165, 1.54) is 44.5 Å². The van der Waals surface area contributed by atoms with Crippen LogP contribution in [0.3, 0.4) is 0 Å². The van der Waals surface area contributed by atoms with Crippen molar-refractivity contribution in [3.05, 3.63) is 466 Å². The van der Waals surface area contributed by atoms with Crippen LogP contribution in [0.2, 0.25) is 0 Å². The highest BCUT2D eigenvalue weighted by Gasteiger charge is 2.56. The fourth-order valence-electron chi connectivity index (χ4n) is 20.5. The number of nitriles is 1. The van der Waals surface area contributed by atoms with E-state index in [1.807, 2.05) is 72.8 Å². The predicted molar refractivity (Wildman–Crippen MR) is 484 cm³/mol. The Labute approximate surface area is 701 Å². The highest BCUT2D eigenvalue weighted by molar-refractivity contribution is 6.06. The molecule has 0 radical (unpaired) electrons. The van der Waals surface area contributed by atoms with Crippen LogP contribution >= 0.6 is 0 Å². The highest BCUT2D eigenvalue weighted by Crippen LogP contribution is 2.65. The number of aromatic nitrogens is 4. The SMILES string of the molecule is CC1(C)c2ccccc2C2(c3ccccc3Oc3cc(-c4cc(CC5(C)c6ccccc6C6(c7ccccc7Oc7c(-c8ccc(-c9cc(-c%10ccccc%10)nc(-c%10ccc%11c(c%10)oc%10ccccc%10%11)n9)cc8)cccc76)c6ccccc65)cc(-c5cc(-c6cccc(-c7cccc(C#N)c7)c6)nc(-c6ccccc6)n5)c4)ccc32)c2ccccc21. The Bertz CT molecular complexity index is 7420. The van der Waals surface area contributed by atoms with Crippen molar-refractivity contribution in [2.75, 3.05) is 0 Å². The minimum Gasteiger partial charge on any atom is -0.457 e. The van der Waals surface area contributed by atoms with E-state index < -0.39 is 16.2 Å². The minimum absolute atomic E-state index is 0.274. The van der Waals surface area contributed by atoms with Crippen molar-refractivity contribution in [1.82, 2.24) is 19.9 Å². The Morgan fingerprint density at radius 1 is 0.273 bits per heavy atom. The molecular weight excluding hydrogens is 1480 g/mol. The second-order valence-corrected chi connectivity index (χ2v) is 33.1. The third-order valence-electron chi connectivity index (χ3n) is 26.0. The van der Waals surface area contributed by atoms with E-state index in [2.05, 4.69) is 342 Å². The van der Waals surface area contributed by atoms with Crippen LogP contribution in [0.25, 0.3) is 123 Å². The Morgan fingerprint density at radius 2 is 0.702 bits per heavy atom. The molecule has 0 N–H and O–H groups in total. The summed E-state index contributed by atoms with van der Waals surface area (Å²) in [6.07, 6.45) is 0.598. The second-order valence-electron chi connectivity index (χ2n) is 33.1. The lowest BCUT2D eigenvalue weighted by Crippen LogP contribution is -2.45. The summed E-state index contributed by atoms with van der Waals surface area (Å²) >= 11 is 0. The van der Waals surface area contributed by atoms with E-state index in [4.69, 9.17) is 33.8 Å². The van der Waals surface area contributed by atoms with Gasteiger partial charge in [0, 0.05) is 82.8 Å². The van der Waals surface area contributed by atoms with Crippen molar-refractivity contribution < 1.29 is 13.9 Å². The van der Waals surface area contributed by atoms with Crippen LogP contribution in [0.1, 0.15) is 98.7 Å². The maximum atomic E-state index is 10.0. The molecule has 8 nitrogen and oxygen atoms in total. The summed E-state index contributed by atoms with van der Waals surface area (Å²) in [5.74, 6) is 4.45. The number of hydrogen-bond donors (Lipinski definition) is 0. The number of hydrogen-bond acceptors (Lipinski definition) is 8. The van der Waals surface area contributed by atoms with Gasteiger partial charge in [-0.05, 0) is 163 Å². The Kier molecular flexibility index (Phi) is 16.2. The van der Waals surface area contributed by atoms with Crippen molar-refractivity contribution in [3.63, 3.8) is 0 Å². The summed E-state index contributed by atoms with van der Waals surface area (Å²) < 4.78 is 21.2. The van der Waals surface area contributed by atoms with Gasteiger partial charge in [0.25, 0.3) is 0 Å². The number of nitrogens with zero attached hydrogens (tertiary/aromatic N) is 5. The first-order valence-electron chi connectivity index (χ1n) is 41.4. The Hall–Kier alpha value is -15.4. The zero-order chi connectivity index (χ0) is 80.7. The van der Waals surface area contributed by atoms with E-state index >= 15 is 0 Å². The van der Waals surface area contributed by atoms with Crippen LogP contribution in [0.4, 0.5) is 0 Å². The standard InChI is InChI=1S/C113H75N5O3/c1-110(2)86-37-11-15-41-90(86)112(91-42-16-12-38-87(91)110)94-45-19-22-49-103(94)120-106-64-78(56-58-96(106)112)81-60-71(61-82(63-81)101-67-100(117-108(118-101)75-30-8-5-9-31-75)79-34-25-33-77(62-79)76-32-24-27-70(59-76)69-114)68-111(3)88-39-13-17-43-92(88)113(93-44-18-14-40-89(93)111)95-46-20-23-50-104(95)121-107-83(36-26-47-97(107)113)72-51-53-74(54-52-72)99-66-98(73-28-6-4-7-29-73)115-109(116-99)80-55-57-85-84-35-10-21-48-102(84)119-105(85)65-80/h4-67H,68H2,1-3H3. The fraction of sp³-hybridized carbons (Fsp3) is 0.0708. The summed E-state index contributed by atoms with van der Waals surface area (Å²) in [6, 6.07) is 141. The number of rotatable bonds is 11. The van der Waals surface area contributed by atoms with Crippen LogP contribution < -0.4 is 9.47 Å². The molecule has 121 heavy (non-hydrogen) atoms. The van der Waals surface area contributed by atoms with Gasteiger partial charge in [0.15, 0.2) is 11.6 Å². The molecule has 2 aliphatic carbocycles. The first-order valence-corrected chi connectivity index (χ1v) is 41.4. The van der Waals surface area contributed by atoms with Crippen molar-refractivity contribution in [1.29, 1.82) is 5.26 Å². The molecule has 3 aromatic heterocycles. The monoisotopic (exact) mass is 1550 g/mol. The maximum Gasteiger partial charge on any atom is 0.160 e. The lowest BCUT2D eigenvalue weighted by Gasteiger charge is -2.51. The van der Waals surface area contributed by atoms with Crippen LogP contribution in [0.5, 0.6) is 23.0 Å². The molecular formula is C113H75N5O3. The lowest BCUT2D eigenvalue weighted by atomic mass is 9.52. The largest absolute Gasteiger partial charge is 0.457 e. The van der Waals surface area contributed by atoms with Gasteiger partial charge >= 0.3 is 0 Å². The molecule has 2 aliphatic heterocycles. The predicted octanol–water partition coefficient (Wildman–Crippen LogP) is 27.5. The molecule has 5 heterocycles. The van der Waals surface area contributed by atoms with Gasteiger partial charge in [-0.3, -0.25) is 0 Å². The summed E-state index contributed by atoms with van der Waals surface area (Å²) in [4.78, 5) is 21.6. The summed E-state index contributed by atoms with van der Waals surface area (Å²) in [5.41, 5.74) is 29.8. The zero-order valence-corrected chi connectivity index (χ0v) is 66.6. The molecule has 0 saturated heterocycles. The molecule has 0 saturated carbocycles. The highest BCUT2D eigenvalue weighted by atomic mass is 16.5. The third-order valence-corrected chi connectivity index (χ3v) is 26.0. The molecule has 2 spiro atoms. The molecule has 19 aromatic rings. The average molecular weight is 1550 g/mol. The summed E-state index contributed by atoms with van der Waals surface area (Å²) in [5, 5.41) is 12.2. The molecule has 23 rings (SSSR count). The van der Waals surface area contributed by atoms with E-state index in [-0.39, 0.29) is 5.41 Å². The van der Waals surface area contributed by atoms with Crippen LogP contribution in [-0.2, 0) is 28.1 Å². The fourth-order valence-corrected chi connectivity index (χ4v) is 20.5. The molecule has 0 bridgehead atoms. The molecule has 8 heteroatoms. The van der Waals surface area contributed by atoms with Crippen LogP contribution in [-0.4, -0.2) is 19.9 Å². The quantitative estimate of drug-likeness (QED) is 0.126. The van der Waals surface area contributed by atoms with Crippen molar-refractivity contribution in [2.24, 2.45) is 0 Å². The van der Waals surface area contributed by atoms with Gasteiger partial charge in [-0.1, -0.05) is 330 Å². The van der Waals surface area contributed by atoms with Gasteiger partial charge in [0.2, 0.25) is 0 Å². The molecule has 0 atom stereocenters. The maximum absolute atomic E-state index is 10.0. The first-order chi connectivity index (χ1) is 59.5. The molecule has 16 aromatic carbocycles. The topological polar surface area (TPSA) is 107 Å². The van der Waals surface area contributed by atoms with E-state index in [0.29, 0.717) is 23.6 Å². The number of ether oxygens (including phenoxy) is 2. The van der Waals surface area contributed by atoms with Gasteiger partial charge < -0.3 is 13.9 Å². The van der Waals surface area contributed by atoms with Crippen LogP contribution in [0.15, 0.2) is 393 Å². The number of para-hydroxylation sites is 4. The Morgan fingerprint density at radius 3 is 1.36 bits per heavy atom. The van der Waals surface area contributed by atoms with Crippen molar-refractivity contribution in [3.8, 4) is 130 Å². The van der Waals surface area contributed by atoms with Crippen molar-refractivity contribution in [2.45, 2.75) is 48.9 Å². The normalized spacial score (nSPS) is 14.2. The molecule has 0 amide bonds. The van der Waals surface area contributed by atoms with Gasteiger partial charge in [0.05, 0.1) is 45.2 Å². The second kappa shape index (κ2) is 27.6. The van der Waals surface area contributed by atoms with Gasteiger partial charge in [0.1, 0.15) is 34.2 Å². The molecule has 0 fully saturated rings. The lowest BCUT2D eigenvalue weighted by molar-refractivity contribution is 0.423. The van der Waals surface area contributed by atoms with Crippen molar-refractivity contribution >= 4 is 21.9 Å². The molecule has 4 aliphatic rings. The van der Waals surface area contributed by atoms with E-state index in [9.17, 15) is 5.26 Å². The number of furan rings is 1. The number of benzene rings is 16. The van der Waals surface area contributed by atoms with Gasteiger partial charge in [-0.15, -0.1) is 0 Å².